The standard InChI is InChI=1S/C18H18F2N4O3S/c1-13-2-5-15(6-3-13)28(26,27)23-9-18(25,10-24-12-21-11-22-24)16-7-4-14(19)8-17(16)20/h2-8,11-12,23,25H,9-10H2,1H3/t18-/m0/s1. The van der Waals surface area contributed by atoms with Crippen molar-refractivity contribution in [2.45, 2.75) is 24.0 Å². The molecule has 1 heterocycles. The van der Waals surface area contributed by atoms with Gasteiger partial charge in [-0.1, -0.05) is 23.8 Å². The van der Waals surface area contributed by atoms with Crippen molar-refractivity contribution < 1.29 is 22.3 Å². The molecule has 0 aliphatic rings. The van der Waals surface area contributed by atoms with Gasteiger partial charge in [-0.15, -0.1) is 0 Å². The molecule has 1 aromatic heterocycles. The van der Waals surface area contributed by atoms with Crippen molar-refractivity contribution in [3.05, 3.63) is 77.9 Å². The molecular formula is C18H18F2N4O3S. The Kier molecular flexibility index (Phi) is 5.54. The van der Waals surface area contributed by atoms with Crippen LogP contribution in [-0.2, 0) is 22.2 Å². The normalized spacial score (nSPS) is 14.0. The van der Waals surface area contributed by atoms with Crippen LogP contribution in [0, 0.1) is 18.6 Å². The molecule has 2 aromatic carbocycles. The van der Waals surface area contributed by atoms with Gasteiger partial charge >= 0.3 is 0 Å². The third-order valence-electron chi connectivity index (χ3n) is 4.21. The number of rotatable bonds is 7. The van der Waals surface area contributed by atoms with Gasteiger partial charge in [-0.05, 0) is 25.1 Å². The fourth-order valence-corrected chi connectivity index (χ4v) is 3.79. The largest absolute Gasteiger partial charge is 0.382 e. The van der Waals surface area contributed by atoms with E-state index in [1.165, 1.54) is 29.5 Å². The van der Waals surface area contributed by atoms with Crippen LogP contribution in [0.2, 0.25) is 0 Å². The molecule has 148 valence electrons. The number of nitrogens with zero attached hydrogens (tertiary/aromatic N) is 3. The lowest BCUT2D eigenvalue weighted by atomic mass is 9.93. The summed E-state index contributed by atoms with van der Waals surface area (Å²) in [6.07, 6.45) is 2.51. The van der Waals surface area contributed by atoms with Crippen molar-refractivity contribution in [2.24, 2.45) is 0 Å². The van der Waals surface area contributed by atoms with Crippen LogP contribution in [0.4, 0.5) is 8.78 Å². The number of hydrogen-bond donors (Lipinski definition) is 2. The fourth-order valence-electron chi connectivity index (χ4n) is 2.70. The first-order valence-corrected chi connectivity index (χ1v) is 9.75. The minimum absolute atomic E-state index is 0.000726. The average Bonchev–Trinajstić information content (AvgIpc) is 3.13. The maximum absolute atomic E-state index is 14.3. The number of nitrogens with one attached hydrogen (secondary N) is 1. The minimum atomic E-state index is -3.97. The molecule has 0 amide bonds. The number of hydrogen-bond acceptors (Lipinski definition) is 5. The molecule has 10 heteroatoms. The van der Waals surface area contributed by atoms with Gasteiger partial charge in [0.2, 0.25) is 10.0 Å². The van der Waals surface area contributed by atoms with E-state index in [0.717, 1.165) is 17.7 Å². The molecule has 0 bridgehead atoms. The highest BCUT2D eigenvalue weighted by atomic mass is 32.2. The lowest BCUT2D eigenvalue weighted by Gasteiger charge is -2.29. The van der Waals surface area contributed by atoms with Gasteiger partial charge < -0.3 is 5.11 Å². The van der Waals surface area contributed by atoms with E-state index in [-0.39, 0.29) is 17.0 Å². The zero-order valence-corrected chi connectivity index (χ0v) is 15.7. The Morgan fingerprint density at radius 2 is 1.89 bits per heavy atom. The van der Waals surface area contributed by atoms with Gasteiger partial charge in [0.25, 0.3) is 0 Å². The molecule has 0 unspecified atom stereocenters. The molecule has 3 aromatic rings. The first-order chi connectivity index (χ1) is 13.2. The number of aliphatic hydroxyl groups is 1. The highest BCUT2D eigenvalue weighted by molar-refractivity contribution is 7.89. The van der Waals surface area contributed by atoms with E-state index in [1.807, 2.05) is 6.92 Å². The predicted molar refractivity (Wildman–Crippen MR) is 96.6 cm³/mol. The van der Waals surface area contributed by atoms with Crippen LogP contribution in [0.25, 0.3) is 0 Å². The van der Waals surface area contributed by atoms with Crippen LogP contribution >= 0.6 is 0 Å². The zero-order valence-electron chi connectivity index (χ0n) is 14.9. The summed E-state index contributed by atoms with van der Waals surface area (Å²) in [6.45, 7) is 0.954. The number of halogens is 2. The minimum Gasteiger partial charge on any atom is -0.382 e. The number of sulfonamides is 1. The lowest BCUT2D eigenvalue weighted by molar-refractivity contribution is 0.0169. The molecule has 7 nitrogen and oxygen atoms in total. The summed E-state index contributed by atoms with van der Waals surface area (Å²) in [5, 5.41) is 15.0. The van der Waals surface area contributed by atoms with E-state index >= 15 is 0 Å². The highest BCUT2D eigenvalue weighted by Gasteiger charge is 2.35. The van der Waals surface area contributed by atoms with E-state index in [0.29, 0.717) is 6.07 Å². The molecule has 0 radical (unpaired) electrons. The molecule has 0 spiro atoms. The summed E-state index contributed by atoms with van der Waals surface area (Å²) in [7, 11) is -3.97. The Hall–Kier alpha value is -2.69. The molecule has 3 rings (SSSR count). The Morgan fingerprint density at radius 1 is 1.18 bits per heavy atom. The Balaban J connectivity index is 1.92. The molecule has 0 aliphatic heterocycles. The smallest absolute Gasteiger partial charge is 0.240 e. The second-order valence-electron chi connectivity index (χ2n) is 6.39. The second-order valence-corrected chi connectivity index (χ2v) is 8.15. The first-order valence-electron chi connectivity index (χ1n) is 8.26. The molecular weight excluding hydrogens is 390 g/mol. The van der Waals surface area contributed by atoms with Gasteiger partial charge in [-0.25, -0.2) is 31.6 Å². The third kappa shape index (κ3) is 4.41. The van der Waals surface area contributed by atoms with E-state index in [9.17, 15) is 22.3 Å². The summed E-state index contributed by atoms with van der Waals surface area (Å²) < 4.78 is 56.2. The maximum Gasteiger partial charge on any atom is 0.240 e. The summed E-state index contributed by atoms with van der Waals surface area (Å²) in [6, 6.07) is 8.79. The average molecular weight is 408 g/mol. The molecule has 28 heavy (non-hydrogen) atoms. The Labute approximate surface area is 160 Å². The van der Waals surface area contributed by atoms with Crippen molar-refractivity contribution in [3.8, 4) is 0 Å². The van der Waals surface area contributed by atoms with Crippen molar-refractivity contribution in [2.75, 3.05) is 6.54 Å². The molecule has 2 N–H and O–H groups in total. The first kappa shape index (κ1) is 20.1. The summed E-state index contributed by atoms with van der Waals surface area (Å²) in [5.74, 6) is -1.82. The van der Waals surface area contributed by atoms with Crippen LogP contribution in [0.5, 0.6) is 0 Å². The molecule has 0 aliphatic carbocycles. The monoisotopic (exact) mass is 408 g/mol. The third-order valence-corrected chi connectivity index (χ3v) is 5.63. The maximum atomic E-state index is 14.3. The molecule has 0 saturated carbocycles. The van der Waals surface area contributed by atoms with E-state index in [1.54, 1.807) is 12.1 Å². The van der Waals surface area contributed by atoms with Crippen molar-refractivity contribution >= 4 is 10.0 Å². The fraction of sp³-hybridized carbons (Fsp3) is 0.222. The number of benzene rings is 2. The lowest BCUT2D eigenvalue weighted by Crippen LogP contribution is -2.44. The zero-order chi connectivity index (χ0) is 20.4. The van der Waals surface area contributed by atoms with Gasteiger partial charge in [0.15, 0.2) is 0 Å². The second kappa shape index (κ2) is 7.74. The van der Waals surface area contributed by atoms with E-state index in [4.69, 9.17) is 0 Å². The topological polar surface area (TPSA) is 97.1 Å². The summed E-state index contributed by atoms with van der Waals surface area (Å²) >= 11 is 0. The van der Waals surface area contributed by atoms with Gasteiger partial charge in [-0.3, -0.25) is 0 Å². The number of aryl methyl sites for hydroxylation is 1. The highest BCUT2D eigenvalue weighted by Crippen LogP contribution is 2.26. The molecule has 1 atom stereocenters. The molecule has 0 saturated heterocycles. The van der Waals surface area contributed by atoms with Crippen molar-refractivity contribution in [1.29, 1.82) is 0 Å². The van der Waals surface area contributed by atoms with Crippen LogP contribution in [0.3, 0.4) is 0 Å². The van der Waals surface area contributed by atoms with Crippen LogP contribution in [-0.4, -0.2) is 34.8 Å². The Morgan fingerprint density at radius 3 is 2.50 bits per heavy atom. The van der Waals surface area contributed by atoms with Crippen LogP contribution < -0.4 is 4.72 Å². The predicted octanol–water partition coefficient (Wildman–Crippen LogP) is 1.73. The van der Waals surface area contributed by atoms with Crippen molar-refractivity contribution in [3.63, 3.8) is 0 Å². The SMILES string of the molecule is Cc1ccc(S(=O)(=O)NC[C@](O)(Cn2cncn2)c2ccc(F)cc2F)cc1. The number of aromatic nitrogens is 3. The Bertz CT molecular complexity index is 1060. The van der Waals surface area contributed by atoms with Gasteiger partial charge in [-0.2, -0.15) is 5.10 Å². The summed E-state index contributed by atoms with van der Waals surface area (Å²) in [4.78, 5) is 3.75. The summed E-state index contributed by atoms with van der Waals surface area (Å²) in [5.41, 5.74) is -1.42. The van der Waals surface area contributed by atoms with E-state index in [2.05, 4.69) is 14.8 Å². The van der Waals surface area contributed by atoms with Gasteiger partial charge in [0, 0.05) is 18.2 Å². The van der Waals surface area contributed by atoms with Crippen molar-refractivity contribution in [1.82, 2.24) is 19.5 Å². The van der Waals surface area contributed by atoms with Gasteiger partial charge in [0.05, 0.1) is 11.4 Å². The quantitative estimate of drug-likeness (QED) is 0.621. The van der Waals surface area contributed by atoms with Crippen LogP contribution in [0.1, 0.15) is 11.1 Å². The van der Waals surface area contributed by atoms with Crippen LogP contribution in [0.15, 0.2) is 60.0 Å². The molecule has 0 fully saturated rings. The van der Waals surface area contributed by atoms with E-state index < -0.39 is 33.8 Å². The van der Waals surface area contributed by atoms with Gasteiger partial charge in [0.1, 0.15) is 29.9 Å².